The largest absolute Gasteiger partial charge is 0.317 e. The molecule has 2 aliphatic heterocycles. The topological polar surface area (TPSA) is 73.8 Å². The zero-order valence-electron chi connectivity index (χ0n) is 16.9. The summed E-state index contributed by atoms with van der Waals surface area (Å²) in [6.45, 7) is 8.29. The molecule has 0 saturated carbocycles. The Morgan fingerprint density at radius 3 is 2.52 bits per heavy atom. The number of para-hydroxylation sites is 1. The van der Waals surface area contributed by atoms with E-state index < -0.39 is 5.91 Å². The van der Waals surface area contributed by atoms with Gasteiger partial charge >= 0.3 is 0 Å². The molecule has 6 nitrogen and oxygen atoms in total. The first kappa shape index (κ1) is 19.7. The molecule has 1 aromatic carbocycles. The molecule has 148 valence electrons. The fourth-order valence-corrected chi connectivity index (χ4v) is 4.99. The average Bonchev–Trinajstić information content (AvgIpc) is 3.20. The van der Waals surface area contributed by atoms with Gasteiger partial charge < -0.3 is 4.57 Å². The summed E-state index contributed by atoms with van der Waals surface area (Å²) in [5, 5.41) is 14.8. The Hall–Kier alpha value is -2.58. The van der Waals surface area contributed by atoms with Crippen LogP contribution in [0.2, 0.25) is 0 Å². The molecule has 1 aromatic heterocycles. The predicted molar refractivity (Wildman–Crippen MR) is 123 cm³/mol. The summed E-state index contributed by atoms with van der Waals surface area (Å²) < 4.78 is 2.98. The Morgan fingerprint density at radius 1 is 1.17 bits per heavy atom. The van der Waals surface area contributed by atoms with Gasteiger partial charge in [0.2, 0.25) is 5.17 Å². The van der Waals surface area contributed by atoms with E-state index in [0.717, 1.165) is 27.0 Å². The summed E-state index contributed by atoms with van der Waals surface area (Å²) in [6.07, 6.45) is 3.67. The molecule has 29 heavy (non-hydrogen) atoms. The van der Waals surface area contributed by atoms with Crippen molar-refractivity contribution in [2.75, 3.05) is 6.26 Å². The Bertz CT molecular complexity index is 1140. The number of amidine groups is 2. The fraction of sp³-hybridized carbons (Fsp3) is 0.238. The van der Waals surface area contributed by atoms with Gasteiger partial charge in [0.25, 0.3) is 5.91 Å². The van der Waals surface area contributed by atoms with Crippen molar-refractivity contribution < 1.29 is 4.79 Å². The molecule has 0 unspecified atom stereocenters. The number of rotatable bonds is 2. The van der Waals surface area contributed by atoms with Gasteiger partial charge in [-0.3, -0.25) is 10.2 Å². The monoisotopic (exact) mass is 423 g/mol. The molecule has 2 aromatic rings. The Labute approximate surface area is 178 Å². The number of thioether (sulfide) groups is 2. The lowest BCUT2D eigenvalue weighted by atomic mass is 10.1. The molecule has 8 heteroatoms. The van der Waals surface area contributed by atoms with Gasteiger partial charge in [-0.25, -0.2) is 0 Å². The number of amides is 1. The number of aliphatic imine (C=N–C) groups is 1. The van der Waals surface area contributed by atoms with Gasteiger partial charge in [-0.05, 0) is 74.5 Å². The number of nitrogens with zero attached hydrogens (tertiary/aromatic N) is 4. The highest BCUT2D eigenvalue weighted by molar-refractivity contribution is 8.45. The molecule has 1 N–H and O–H groups in total. The van der Waals surface area contributed by atoms with E-state index in [1.165, 1.54) is 39.7 Å². The SMILES string of the molecule is CSC1=NN2C(=N)C(=Cc3cc(C)n(-c4c(C)cccc4C)c3C)C(=O)N=C2S1. The maximum atomic E-state index is 12.6. The zero-order chi connectivity index (χ0) is 20.9. The molecule has 0 aliphatic carbocycles. The van der Waals surface area contributed by atoms with Crippen LogP contribution in [0.15, 0.2) is 39.9 Å². The summed E-state index contributed by atoms with van der Waals surface area (Å²) >= 11 is 2.79. The number of hydrogen-bond acceptors (Lipinski definition) is 5. The smallest absolute Gasteiger partial charge is 0.283 e. The Balaban J connectivity index is 1.80. The van der Waals surface area contributed by atoms with E-state index >= 15 is 0 Å². The van der Waals surface area contributed by atoms with Gasteiger partial charge in [-0.1, -0.05) is 18.2 Å². The van der Waals surface area contributed by atoms with E-state index in [1.54, 1.807) is 6.08 Å². The summed E-state index contributed by atoms with van der Waals surface area (Å²) in [5.41, 5.74) is 6.78. The molecular formula is C21H21N5OS2. The second kappa shape index (κ2) is 7.35. The van der Waals surface area contributed by atoms with E-state index in [1.807, 2.05) is 19.2 Å². The van der Waals surface area contributed by atoms with E-state index in [9.17, 15) is 4.79 Å². The highest BCUT2D eigenvalue weighted by atomic mass is 32.2. The maximum absolute atomic E-state index is 12.6. The molecule has 1 amide bonds. The van der Waals surface area contributed by atoms with Crippen molar-refractivity contribution in [2.24, 2.45) is 10.1 Å². The summed E-state index contributed by atoms with van der Waals surface area (Å²) in [7, 11) is 0. The van der Waals surface area contributed by atoms with Crippen molar-refractivity contribution in [3.05, 3.63) is 57.9 Å². The van der Waals surface area contributed by atoms with Crippen molar-refractivity contribution in [3.63, 3.8) is 0 Å². The first-order valence-corrected chi connectivity index (χ1v) is 11.2. The van der Waals surface area contributed by atoms with Gasteiger partial charge in [0.05, 0.1) is 11.3 Å². The Kier molecular flexibility index (Phi) is 5.00. The third kappa shape index (κ3) is 3.26. The lowest BCUT2D eigenvalue weighted by Crippen LogP contribution is -2.35. The van der Waals surface area contributed by atoms with Crippen LogP contribution < -0.4 is 0 Å². The van der Waals surface area contributed by atoms with E-state index in [4.69, 9.17) is 5.41 Å². The van der Waals surface area contributed by atoms with Gasteiger partial charge in [0, 0.05) is 11.4 Å². The van der Waals surface area contributed by atoms with Crippen LogP contribution in [0, 0.1) is 33.1 Å². The van der Waals surface area contributed by atoms with Gasteiger partial charge in [0.1, 0.15) is 0 Å². The Morgan fingerprint density at radius 2 is 1.86 bits per heavy atom. The molecule has 0 fully saturated rings. The molecule has 3 heterocycles. The second-order valence-corrected chi connectivity index (χ2v) is 9.00. The lowest BCUT2D eigenvalue weighted by molar-refractivity contribution is -0.114. The van der Waals surface area contributed by atoms with Crippen LogP contribution in [0.3, 0.4) is 0 Å². The van der Waals surface area contributed by atoms with Crippen LogP contribution in [0.25, 0.3) is 11.8 Å². The number of aryl methyl sites for hydroxylation is 3. The standard InChI is InChI=1S/C21H21N5OS2/c1-11-7-6-8-12(2)17(11)25-13(3)9-15(14(25)4)10-16-18(22)26-20(23-19(16)27)29-21(24-26)28-5/h6-10,22H,1-5H3. The third-order valence-corrected chi connectivity index (χ3v) is 6.93. The molecule has 0 saturated heterocycles. The van der Waals surface area contributed by atoms with Crippen LogP contribution in [0.5, 0.6) is 0 Å². The molecule has 2 aliphatic rings. The molecular weight excluding hydrogens is 402 g/mol. The van der Waals surface area contributed by atoms with Crippen molar-refractivity contribution in [2.45, 2.75) is 27.7 Å². The van der Waals surface area contributed by atoms with Gasteiger partial charge in [-0.15, -0.1) is 16.9 Å². The predicted octanol–water partition coefficient (Wildman–Crippen LogP) is 4.65. The van der Waals surface area contributed by atoms with Crippen molar-refractivity contribution in [1.82, 2.24) is 9.58 Å². The third-order valence-electron chi connectivity index (χ3n) is 5.04. The zero-order valence-corrected chi connectivity index (χ0v) is 18.5. The number of hydrogen-bond donors (Lipinski definition) is 1. The molecule has 4 rings (SSSR count). The minimum Gasteiger partial charge on any atom is -0.317 e. The first-order valence-electron chi connectivity index (χ1n) is 9.11. The number of carbonyl (C=O) groups excluding carboxylic acids is 1. The van der Waals surface area contributed by atoms with Crippen LogP contribution in [-0.2, 0) is 4.79 Å². The molecule has 0 radical (unpaired) electrons. The molecule has 0 bridgehead atoms. The number of hydrazone groups is 1. The summed E-state index contributed by atoms with van der Waals surface area (Å²) in [4.78, 5) is 16.8. The maximum Gasteiger partial charge on any atom is 0.283 e. The van der Waals surface area contributed by atoms with Gasteiger partial charge in [-0.2, -0.15) is 10.0 Å². The number of carbonyl (C=O) groups is 1. The highest BCUT2D eigenvalue weighted by Crippen LogP contribution is 2.32. The lowest BCUT2D eigenvalue weighted by Gasteiger charge is -2.20. The van der Waals surface area contributed by atoms with E-state index in [-0.39, 0.29) is 11.4 Å². The molecule has 0 spiro atoms. The van der Waals surface area contributed by atoms with Crippen LogP contribution in [0.1, 0.15) is 28.1 Å². The van der Waals surface area contributed by atoms with E-state index in [2.05, 4.69) is 53.6 Å². The normalized spacial score (nSPS) is 17.7. The fourth-order valence-electron chi connectivity index (χ4n) is 3.65. The number of fused-ring (bicyclic) bond motifs is 1. The number of nitrogens with one attached hydrogen (secondary N) is 1. The highest BCUT2D eigenvalue weighted by Gasteiger charge is 2.35. The summed E-state index contributed by atoms with van der Waals surface area (Å²) in [5.74, 6) is -0.336. The van der Waals surface area contributed by atoms with Crippen LogP contribution in [-0.4, -0.2) is 37.1 Å². The quantitative estimate of drug-likeness (QED) is 0.714. The number of benzene rings is 1. The summed E-state index contributed by atoms with van der Waals surface area (Å²) in [6, 6.07) is 8.30. The minimum atomic E-state index is -0.400. The first-order chi connectivity index (χ1) is 13.8. The average molecular weight is 424 g/mol. The van der Waals surface area contributed by atoms with E-state index in [0.29, 0.717) is 5.17 Å². The van der Waals surface area contributed by atoms with Crippen LogP contribution >= 0.6 is 23.5 Å². The minimum absolute atomic E-state index is 0.0634. The molecule has 0 atom stereocenters. The van der Waals surface area contributed by atoms with Crippen LogP contribution in [0.4, 0.5) is 0 Å². The van der Waals surface area contributed by atoms with Gasteiger partial charge in [0.15, 0.2) is 10.2 Å². The van der Waals surface area contributed by atoms with Crippen molar-refractivity contribution in [3.8, 4) is 5.69 Å². The second-order valence-electron chi connectivity index (χ2n) is 6.99. The van der Waals surface area contributed by atoms with Crippen molar-refractivity contribution >= 4 is 50.9 Å². The number of aromatic nitrogens is 1. The van der Waals surface area contributed by atoms with Crippen molar-refractivity contribution in [1.29, 1.82) is 5.41 Å².